The molecule has 2 aromatic rings. The van der Waals surface area contributed by atoms with Crippen molar-refractivity contribution in [3.05, 3.63) is 24.3 Å². The molecule has 0 amide bonds. The predicted octanol–water partition coefficient (Wildman–Crippen LogP) is 3.12. The Kier molecular flexibility index (Phi) is 3.36. The van der Waals surface area contributed by atoms with Gasteiger partial charge in [-0.1, -0.05) is 35.2 Å². The first-order valence-electron chi connectivity index (χ1n) is 4.69. The lowest BCUT2D eigenvalue weighted by Gasteiger charge is -2.02. The monoisotopic (exact) mass is 252 g/mol. The third-order valence-corrected chi connectivity index (χ3v) is 4.02. The predicted molar refractivity (Wildman–Crippen MR) is 70.3 cm³/mol. The lowest BCUT2D eigenvalue weighted by molar-refractivity contribution is 0.415. The number of ether oxygens (including phenoxy) is 1. The Hall–Kier alpha value is -1.20. The van der Waals surface area contributed by atoms with E-state index in [9.17, 15) is 0 Å². The minimum absolute atomic E-state index is 0.748. The van der Waals surface area contributed by atoms with Gasteiger partial charge in [-0.15, -0.1) is 0 Å². The van der Waals surface area contributed by atoms with Gasteiger partial charge in [-0.25, -0.2) is 4.98 Å². The van der Waals surface area contributed by atoms with E-state index in [1.807, 2.05) is 30.5 Å². The second-order valence-corrected chi connectivity index (χ2v) is 5.21. The first kappa shape index (κ1) is 11.3. The van der Waals surface area contributed by atoms with Gasteiger partial charge in [-0.2, -0.15) is 0 Å². The van der Waals surface area contributed by atoms with Crippen LogP contribution in [-0.4, -0.2) is 18.3 Å². The Morgan fingerprint density at radius 1 is 1.44 bits per heavy atom. The fraction of sp³-hybridized carbons (Fsp3) is 0.182. The summed E-state index contributed by atoms with van der Waals surface area (Å²) in [6.07, 6.45) is 1.99. The average Bonchev–Trinajstić information content (AvgIpc) is 2.71. The van der Waals surface area contributed by atoms with Crippen molar-refractivity contribution in [3.63, 3.8) is 0 Å². The molecular formula is C11H12N2OS2. The first-order chi connectivity index (χ1) is 7.74. The number of benzene rings is 1. The molecule has 0 radical (unpaired) electrons. The van der Waals surface area contributed by atoms with Crippen LogP contribution in [0.4, 0.5) is 5.00 Å². The third-order valence-electron chi connectivity index (χ3n) is 2.15. The number of nitrogen functional groups attached to an aromatic ring is 1. The molecule has 2 N–H and O–H groups in total. The van der Waals surface area contributed by atoms with Crippen LogP contribution in [0.5, 0.6) is 5.75 Å². The summed E-state index contributed by atoms with van der Waals surface area (Å²) in [4.78, 5) is 4.47. The first-order valence-corrected chi connectivity index (χ1v) is 6.73. The third kappa shape index (κ3) is 2.15. The number of nitrogens with two attached hydrogens (primary N) is 1. The normalized spacial score (nSPS) is 10.4. The van der Waals surface area contributed by atoms with Gasteiger partial charge in [0.15, 0.2) is 4.34 Å². The van der Waals surface area contributed by atoms with E-state index >= 15 is 0 Å². The molecule has 0 fully saturated rings. The van der Waals surface area contributed by atoms with Crippen LogP contribution >= 0.6 is 23.1 Å². The molecular weight excluding hydrogens is 240 g/mol. The summed E-state index contributed by atoms with van der Waals surface area (Å²) in [6.45, 7) is 0. The second kappa shape index (κ2) is 4.76. The maximum Gasteiger partial charge on any atom is 0.152 e. The highest BCUT2D eigenvalue weighted by Crippen LogP contribution is 2.35. The zero-order valence-electron chi connectivity index (χ0n) is 9.06. The van der Waals surface area contributed by atoms with Crippen LogP contribution in [-0.2, 0) is 0 Å². The fourth-order valence-electron chi connectivity index (χ4n) is 1.38. The van der Waals surface area contributed by atoms with Gasteiger partial charge >= 0.3 is 0 Å². The molecule has 1 heterocycles. The summed E-state index contributed by atoms with van der Waals surface area (Å²) in [5, 5.41) is 0.748. The quantitative estimate of drug-likeness (QED) is 0.853. The molecule has 0 aliphatic heterocycles. The molecule has 1 aromatic heterocycles. The van der Waals surface area contributed by atoms with Gasteiger partial charge in [0.1, 0.15) is 16.4 Å². The van der Waals surface area contributed by atoms with E-state index in [0.717, 1.165) is 26.3 Å². The van der Waals surface area contributed by atoms with Crippen molar-refractivity contribution in [2.75, 3.05) is 19.1 Å². The summed E-state index contributed by atoms with van der Waals surface area (Å²) in [7, 11) is 1.65. The topological polar surface area (TPSA) is 48.1 Å². The van der Waals surface area contributed by atoms with Crippen molar-refractivity contribution in [2.45, 2.75) is 4.34 Å². The van der Waals surface area contributed by atoms with Gasteiger partial charge in [-0.05, 0) is 18.4 Å². The van der Waals surface area contributed by atoms with Gasteiger partial charge in [-0.3, -0.25) is 0 Å². The van der Waals surface area contributed by atoms with E-state index < -0.39 is 0 Å². The van der Waals surface area contributed by atoms with Crippen molar-refractivity contribution < 1.29 is 4.74 Å². The smallest absolute Gasteiger partial charge is 0.152 e. The zero-order chi connectivity index (χ0) is 11.5. The van der Waals surface area contributed by atoms with Crippen molar-refractivity contribution in [3.8, 4) is 17.0 Å². The summed E-state index contributed by atoms with van der Waals surface area (Å²) in [5.74, 6) is 0.815. The van der Waals surface area contributed by atoms with E-state index in [4.69, 9.17) is 10.5 Å². The summed E-state index contributed by atoms with van der Waals surface area (Å²) >= 11 is 3.12. The molecule has 0 saturated carbocycles. The Balaban J connectivity index is 2.45. The standard InChI is InChI=1S/C11H12N2OS2/c1-14-8-5-3-4-7(6-8)9-10(12)16-11(13-9)15-2/h3-6H,12H2,1-2H3. The Labute approximate surface area is 103 Å². The highest BCUT2D eigenvalue weighted by molar-refractivity contribution is 8.00. The summed E-state index contributed by atoms with van der Waals surface area (Å²) < 4.78 is 6.16. The number of anilines is 1. The number of thioether (sulfide) groups is 1. The number of thiazole rings is 1. The molecule has 5 heteroatoms. The Bertz CT molecular complexity index is 496. The maximum absolute atomic E-state index is 5.94. The molecule has 2 rings (SSSR count). The highest BCUT2D eigenvalue weighted by atomic mass is 32.2. The molecule has 0 bridgehead atoms. The van der Waals surface area contributed by atoms with E-state index in [-0.39, 0.29) is 0 Å². The van der Waals surface area contributed by atoms with Crippen molar-refractivity contribution in [1.82, 2.24) is 4.98 Å². The molecule has 0 unspecified atom stereocenters. The van der Waals surface area contributed by atoms with Crippen LogP contribution in [0.1, 0.15) is 0 Å². The molecule has 0 aliphatic carbocycles. The van der Waals surface area contributed by atoms with Crippen molar-refractivity contribution in [2.24, 2.45) is 0 Å². The van der Waals surface area contributed by atoms with Crippen LogP contribution in [0.15, 0.2) is 28.6 Å². The molecule has 3 nitrogen and oxygen atoms in total. The molecule has 0 spiro atoms. The highest BCUT2D eigenvalue weighted by Gasteiger charge is 2.10. The lowest BCUT2D eigenvalue weighted by Crippen LogP contribution is -1.87. The number of nitrogens with zero attached hydrogens (tertiary/aromatic N) is 1. The largest absolute Gasteiger partial charge is 0.497 e. The number of hydrogen-bond acceptors (Lipinski definition) is 5. The average molecular weight is 252 g/mol. The van der Waals surface area contributed by atoms with Gasteiger partial charge in [0.25, 0.3) is 0 Å². The maximum atomic E-state index is 5.94. The molecule has 0 aliphatic rings. The number of methoxy groups -OCH3 is 1. The van der Waals surface area contributed by atoms with E-state index in [0.29, 0.717) is 0 Å². The molecule has 84 valence electrons. The van der Waals surface area contributed by atoms with E-state index in [1.54, 1.807) is 18.9 Å². The summed E-state index contributed by atoms with van der Waals surface area (Å²) in [5.41, 5.74) is 7.78. The zero-order valence-corrected chi connectivity index (χ0v) is 10.7. The van der Waals surface area contributed by atoms with Gasteiger partial charge < -0.3 is 10.5 Å². The van der Waals surface area contributed by atoms with Crippen molar-refractivity contribution >= 4 is 28.1 Å². The number of rotatable bonds is 3. The molecule has 16 heavy (non-hydrogen) atoms. The van der Waals surface area contributed by atoms with Crippen LogP contribution in [0.3, 0.4) is 0 Å². The second-order valence-electron chi connectivity index (χ2n) is 3.13. The van der Waals surface area contributed by atoms with E-state index in [2.05, 4.69) is 4.98 Å². The van der Waals surface area contributed by atoms with Crippen LogP contribution < -0.4 is 10.5 Å². The van der Waals surface area contributed by atoms with Crippen LogP contribution in [0, 0.1) is 0 Å². The number of aromatic nitrogens is 1. The summed E-state index contributed by atoms with van der Waals surface area (Å²) in [6, 6.07) is 7.76. The Morgan fingerprint density at radius 2 is 2.25 bits per heavy atom. The SMILES string of the molecule is COc1cccc(-c2nc(SC)sc2N)c1. The molecule has 0 atom stereocenters. The number of hydrogen-bond donors (Lipinski definition) is 1. The van der Waals surface area contributed by atoms with Gasteiger partial charge in [0, 0.05) is 5.56 Å². The van der Waals surface area contributed by atoms with E-state index in [1.165, 1.54) is 11.3 Å². The van der Waals surface area contributed by atoms with Gasteiger partial charge in [0.2, 0.25) is 0 Å². The molecule has 0 saturated heterocycles. The minimum atomic E-state index is 0.748. The van der Waals surface area contributed by atoms with Gasteiger partial charge in [0.05, 0.1) is 7.11 Å². The Morgan fingerprint density at radius 3 is 2.88 bits per heavy atom. The van der Waals surface area contributed by atoms with Crippen LogP contribution in [0.2, 0.25) is 0 Å². The molecule has 1 aromatic carbocycles. The van der Waals surface area contributed by atoms with Crippen LogP contribution in [0.25, 0.3) is 11.3 Å². The fourth-order valence-corrected chi connectivity index (χ4v) is 2.75. The van der Waals surface area contributed by atoms with Crippen molar-refractivity contribution in [1.29, 1.82) is 0 Å². The minimum Gasteiger partial charge on any atom is -0.497 e. The lowest BCUT2D eigenvalue weighted by atomic mass is 10.1.